The molecule has 1 heterocycles. The SMILES string of the molecule is CCNC(=NCC(=O)NCc1ccco1)NCC(C)Oc1ccccc1OC. The van der Waals surface area contributed by atoms with E-state index in [4.69, 9.17) is 13.9 Å². The summed E-state index contributed by atoms with van der Waals surface area (Å²) in [6.45, 7) is 5.45. The van der Waals surface area contributed by atoms with Gasteiger partial charge in [0, 0.05) is 6.54 Å². The van der Waals surface area contributed by atoms with Gasteiger partial charge in [0.1, 0.15) is 18.4 Å². The Bertz CT molecular complexity index is 746. The van der Waals surface area contributed by atoms with Gasteiger partial charge in [0.15, 0.2) is 17.5 Å². The van der Waals surface area contributed by atoms with Gasteiger partial charge in [-0.2, -0.15) is 0 Å². The minimum Gasteiger partial charge on any atom is -0.493 e. The number of hydrogen-bond donors (Lipinski definition) is 3. The number of methoxy groups -OCH3 is 1. The number of ether oxygens (including phenoxy) is 2. The van der Waals surface area contributed by atoms with Crippen molar-refractivity contribution in [2.75, 3.05) is 26.7 Å². The third-order valence-corrected chi connectivity index (χ3v) is 3.72. The Morgan fingerprint density at radius 2 is 1.93 bits per heavy atom. The van der Waals surface area contributed by atoms with E-state index >= 15 is 0 Å². The second-order valence-corrected chi connectivity index (χ2v) is 6.01. The van der Waals surface area contributed by atoms with Crippen molar-refractivity contribution in [3.8, 4) is 11.5 Å². The molecule has 1 atom stereocenters. The molecule has 0 aliphatic rings. The molecule has 1 unspecified atom stereocenters. The molecule has 1 aromatic carbocycles. The highest BCUT2D eigenvalue weighted by Gasteiger charge is 2.10. The van der Waals surface area contributed by atoms with Gasteiger partial charge < -0.3 is 29.8 Å². The standard InChI is InChI=1S/C20H28N4O4/c1-4-21-20(24-14-19(25)22-13-16-8-7-11-27-16)23-12-15(2)28-18-10-6-5-9-17(18)26-3/h5-11,15H,4,12-14H2,1-3H3,(H,22,25)(H2,21,23,24). The molecule has 0 radical (unpaired) electrons. The molecule has 0 aliphatic carbocycles. The van der Waals surface area contributed by atoms with Crippen molar-refractivity contribution in [2.24, 2.45) is 4.99 Å². The maximum absolute atomic E-state index is 11.9. The second kappa shape index (κ2) is 11.5. The molecule has 1 aromatic heterocycles. The minimum atomic E-state index is -0.188. The number of amides is 1. The summed E-state index contributed by atoms with van der Waals surface area (Å²) >= 11 is 0. The first-order valence-electron chi connectivity index (χ1n) is 9.23. The lowest BCUT2D eigenvalue weighted by atomic mass is 10.3. The summed E-state index contributed by atoms with van der Waals surface area (Å²) in [7, 11) is 1.61. The highest BCUT2D eigenvalue weighted by atomic mass is 16.5. The van der Waals surface area contributed by atoms with Crippen LogP contribution >= 0.6 is 0 Å². The molecule has 0 saturated heterocycles. The second-order valence-electron chi connectivity index (χ2n) is 6.01. The van der Waals surface area contributed by atoms with Crippen molar-refractivity contribution < 1.29 is 18.7 Å². The van der Waals surface area contributed by atoms with Crippen molar-refractivity contribution in [3.63, 3.8) is 0 Å². The van der Waals surface area contributed by atoms with Crippen LogP contribution in [0.4, 0.5) is 0 Å². The summed E-state index contributed by atoms with van der Waals surface area (Å²) in [6.07, 6.45) is 1.44. The normalized spacial score (nSPS) is 12.2. The average Bonchev–Trinajstić information content (AvgIpc) is 3.22. The maximum Gasteiger partial charge on any atom is 0.242 e. The first kappa shape index (κ1) is 21.1. The molecule has 2 rings (SSSR count). The Morgan fingerprint density at radius 3 is 2.61 bits per heavy atom. The third-order valence-electron chi connectivity index (χ3n) is 3.72. The zero-order chi connectivity index (χ0) is 20.2. The summed E-state index contributed by atoms with van der Waals surface area (Å²) in [5.74, 6) is 2.42. The molecule has 8 heteroatoms. The van der Waals surface area contributed by atoms with Gasteiger partial charge in [-0.15, -0.1) is 0 Å². The Kier molecular flexibility index (Phi) is 8.71. The van der Waals surface area contributed by atoms with Gasteiger partial charge >= 0.3 is 0 Å². The van der Waals surface area contributed by atoms with Crippen LogP contribution in [0.2, 0.25) is 0 Å². The van der Waals surface area contributed by atoms with Gasteiger partial charge in [0.05, 0.1) is 26.5 Å². The first-order valence-corrected chi connectivity index (χ1v) is 9.23. The number of carbonyl (C=O) groups is 1. The van der Waals surface area contributed by atoms with Crippen LogP contribution in [0.1, 0.15) is 19.6 Å². The number of nitrogens with zero attached hydrogens (tertiary/aromatic N) is 1. The highest BCUT2D eigenvalue weighted by Crippen LogP contribution is 2.26. The molecule has 28 heavy (non-hydrogen) atoms. The molecule has 152 valence electrons. The van der Waals surface area contributed by atoms with Crippen LogP contribution in [-0.4, -0.2) is 44.7 Å². The topological polar surface area (TPSA) is 97.1 Å². The van der Waals surface area contributed by atoms with Crippen LogP contribution in [0, 0.1) is 0 Å². The van der Waals surface area contributed by atoms with Gasteiger partial charge in [0.2, 0.25) is 5.91 Å². The van der Waals surface area contributed by atoms with Gasteiger partial charge in [-0.25, -0.2) is 4.99 Å². The molecule has 1 amide bonds. The third kappa shape index (κ3) is 7.22. The molecule has 0 saturated carbocycles. The van der Waals surface area contributed by atoms with Crippen molar-refractivity contribution in [1.82, 2.24) is 16.0 Å². The zero-order valence-electron chi connectivity index (χ0n) is 16.5. The average molecular weight is 388 g/mol. The fourth-order valence-corrected chi connectivity index (χ4v) is 2.36. The van der Waals surface area contributed by atoms with E-state index in [9.17, 15) is 4.79 Å². The Morgan fingerprint density at radius 1 is 1.14 bits per heavy atom. The van der Waals surface area contributed by atoms with Gasteiger partial charge in [0.25, 0.3) is 0 Å². The van der Waals surface area contributed by atoms with Crippen molar-refractivity contribution >= 4 is 11.9 Å². The molecule has 0 spiro atoms. The maximum atomic E-state index is 11.9. The van der Waals surface area contributed by atoms with Gasteiger partial charge in [-0.05, 0) is 38.1 Å². The lowest BCUT2D eigenvalue weighted by Crippen LogP contribution is -2.42. The summed E-state index contributed by atoms with van der Waals surface area (Å²) < 4.78 is 16.4. The number of furan rings is 1. The molecule has 0 aliphatic heterocycles. The molecule has 0 bridgehead atoms. The van der Waals surface area contributed by atoms with E-state index in [1.807, 2.05) is 38.1 Å². The predicted molar refractivity (Wildman–Crippen MR) is 108 cm³/mol. The Hall–Kier alpha value is -3.16. The van der Waals surface area contributed by atoms with E-state index in [1.54, 1.807) is 25.5 Å². The number of nitrogens with one attached hydrogen (secondary N) is 3. The Balaban J connectivity index is 1.80. The van der Waals surface area contributed by atoms with Crippen molar-refractivity contribution in [1.29, 1.82) is 0 Å². The van der Waals surface area contributed by atoms with E-state index < -0.39 is 0 Å². The van der Waals surface area contributed by atoms with E-state index in [0.29, 0.717) is 42.9 Å². The van der Waals surface area contributed by atoms with Crippen LogP contribution in [0.3, 0.4) is 0 Å². The number of aliphatic imine (C=N–C) groups is 1. The summed E-state index contributed by atoms with van der Waals surface area (Å²) in [4.78, 5) is 16.2. The van der Waals surface area contributed by atoms with E-state index in [0.717, 1.165) is 0 Å². The predicted octanol–water partition coefficient (Wildman–Crippen LogP) is 1.93. The number of rotatable bonds is 10. The zero-order valence-corrected chi connectivity index (χ0v) is 16.5. The van der Waals surface area contributed by atoms with Gasteiger partial charge in [-0.1, -0.05) is 12.1 Å². The number of benzene rings is 1. The van der Waals surface area contributed by atoms with E-state index in [2.05, 4.69) is 20.9 Å². The number of carbonyl (C=O) groups excluding carboxylic acids is 1. The van der Waals surface area contributed by atoms with Crippen molar-refractivity contribution in [3.05, 3.63) is 48.4 Å². The van der Waals surface area contributed by atoms with Crippen LogP contribution in [0.25, 0.3) is 0 Å². The fraction of sp³-hybridized carbons (Fsp3) is 0.400. The Labute approximate surface area is 165 Å². The van der Waals surface area contributed by atoms with Crippen LogP contribution < -0.4 is 25.4 Å². The largest absolute Gasteiger partial charge is 0.493 e. The molecular weight excluding hydrogens is 360 g/mol. The lowest BCUT2D eigenvalue weighted by Gasteiger charge is -2.19. The summed E-state index contributed by atoms with van der Waals surface area (Å²) in [5.41, 5.74) is 0. The quantitative estimate of drug-likeness (QED) is 0.425. The molecule has 0 fully saturated rings. The fourth-order valence-electron chi connectivity index (χ4n) is 2.36. The molecule has 2 aromatic rings. The smallest absolute Gasteiger partial charge is 0.242 e. The monoisotopic (exact) mass is 388 g/mol. The number of hydrogen-bond acceptors (Lipinski definition) is 5. The first-order chi connectivity index (χ1) is 13.6. The van der Waals surface area contributed by atoms with Crippen LogP contribution in [-0.2, 0) is 11.3 Å². The lowest BCUT2D eigenvalue weighted by molar-refractivity contribution is -0.119. The highest BCUT2D eigenvalue weighted by molar-refractivity contribution is 5.84. The van der Waals surface area contributed by atoms with Gasteiger partial charge in [-0.3, -0.25) is 4.79 Å². The minimum absolute atomic E-state index is 0.0117. The van der Waals surface area contributed by atoms with E-state index in [-0.39, 0.29) is 18.6 Å². The molecule has 8 nitrogen and oxygen atoms in total. The summed E-state index contributed by atoms with van der Waals surface area (Å²) in [6, 6.07) is 11.1. The number of guanidine groups is 1. The van der Waals surface area contributed by atoms with Crippen LogP contribution in [0.5, 0.6) is 11.5 Å². The number of para-hydroxylation sites is 2. The van der Waals surface area contributed by atoms with Crippen LogP contribution in [0.15, 0.2) is 52.1 Å². The molecular formula is C20H28N4O4. The van der Waals surface area contributed by atoms with E-state index in [1.165, 1.54) is 0 Å². The summed E-state index contributed by atoms with van der Waals surface area (Å²) in [5, 5.41) is 9.05. The van der Waals surface area contributed by atoms with Crippen molar-refractivity contribution in [2.45, 2.75) is 26.5 Å². The molecule has 3 N–H and O–H groups in total.